The number of benzene rings is 2. The van der Waals surface area contributed by atoms with Gasteiger partial charge in [-0.2, -0.15) is 0 Å². The Morgan fingerprint density at radius 3 is 2.65 bits per heavy atom. The first-order valence-electron chi connectivity index (χ1n) is 6.40. The van der Waals surface area contributed by atoms with Crippen LogP contribution in [-0.4, -0.2) is 4.99 Å². The molecule has 0 aliphatic rings. The van der Waals surface area contributed by atoms with Crippen LogP contribution in [0.1, 0.15) is 29.7 Å². The summed E-state index contributed by atoms with van der Waals surface area (Å²) in [6.07, 6.45) is 0. The summed E-state index contributed by atoms with van der Waals surface area (Å²) < 4.78 is 0. The average Bonchev–Trinajstić information content (AvgIpc) is 2.40. The van der Waals surface area contributed by atoms with Crippen molar-refractivity contribution in [3.63, 3.8) is 0 Å². The molecule has 0 aromatic heterocycles. The zero-order valence-corrected chi connectivity index (χ0v) is 13.1. The van der Waals surface area contributed by atoms with Gasteiger partial charge in [0.05, 0.1) is 0 Å². The zero-order valence-electron chi connectivity index (χ0n) is 11.5. The van der Waals surface area contributed by atoms with Crippen molar-refractivity contribution in [2.75, 3.05) is 5.32 Å². The molecule has 0 bridgehead atoms. The average molecular weight is 305 g/mol. The number of nitrogens with two attached hydrogens (primary N) is 1. The molecule has 0 radical (unpaired) electrons. The number of rotatable bonds is 4. The summed E-state index contributed by atoms with van der Waals surface area (Å²) in [5.74, 6) is 0. The zero-order chi connectivity index (χ0) is 14.7. The van der Waals surface area contributed by atoms with Gasteiger partial charge in [0.15, 0.2) is 0 Å². The largest absolute Gasteiger partial charge is 0.389 e. The molecular weight excluding hydrogens is 288 g/mol. The summed E-state index contributed by atoms with van der Waals surface area (Å²) in [6.45, 7) is 4.10. The highest BCUT2D eigenvalue weighted by Gasteiger charge is 2.10. The monoisotopic (exact) mass is 304 g/mol. The van der Waals surface area contributed by atoms with Crippen LogP contribution < -0.4 is 11.1 Å². The fourth-order valence-electron chi connectivity index (χ4n) is 2.08. The lowest BCUT2D eigenvalue weighted by atomic mass is 10.1. The Kier molecular flexibility index (Phi) is 4.63. The standard InChI is InChI=1S/C16H17ClN2S/c1-10-6-7-15(14(8-10)16(18)20)19-11(2)12-4-3-5-13(17)9-12/h3-9,11,19H,1-2H3,(H2,18,20). The Bertz CT molecular complexity index is 640. The molecule has 104 valence electrons. The highest BCUT2D eigenvalue weighted by Crippen LogP contribution is 2.25. The SMILES string of the molecule is Cc1ccc(NC(C)c2cccc(Cl)c2)c(C(N)=S)c1. The minimum Gasteiger partial charge on any atom is -0.389 e. The maximum Gasteiger partial charge on any atom is 0.106 e. The van der Waals surface area contributed by atoms with Crippen LogP contribution in [0, 0.1) is 6.92 Å². The molecule has 0 amide bonds. The maximum absolute atomic E-state index is 6.03. The van der Waals surface area contributed by atoms with Crippen molar-refractivity contribution in [1.82, 2.24) is 0 Å². The Hall–Kier alpha value is -1.58. The quantitative estimate of drug-likeness (QED) is 0.819. The molecule has 0 aliphatic heterocycles. The highest BCUT2D eigenvalue weighted by atomic mass is 35.5. The molecule has 3 N–H and O–H groups in total. The van der Waals surface area contributed by atoms with E-state index < -0.39 is 0 Å². The van der Waals surface area contributed by atoms with Gasteiger partial charge >= 0.3 is 0 Å². The first-order valence-corrected chi connectivity index (χ1v) is 7.18. The van der Waals surface area contributed by atoms with E-state index in [1.807, 2.05) is 49.4 Å². The van der Waals surface area contributed by atoms with Gasteiger partial charge in [0.25, 0.3) is 0 Å². The minimum absolute atomic E-state index is 0.115. The number of thiocarbonyl (C=S) groups is 1. The van der Waals surface area contributed by atoms with E-state index in [1.165, 1.54) is 0 Å². The van der Waals surface area contributed by atoms with Crippen LogP contribution >= 0.6 is 23.8 Å². The lowest BCUT2D eigenvalue weighted by Gasteiger charge is -2.19. The molecule has 0 aliphatic carbocycles. The first kappa shape index (κ1) is 14.8. The molecule has 2 aromatic carbocycles. The van der Waals surface area contributed by atoms with E-state index >= 15 is 0 Å². The van der Waals surface area contributed by atoms with Gasteiger partial charge in [-0.1, -0.05) is 47.6 Å². The third kappa shape index (κ3) is 3.50. The molecule has 0 heterocycles. The fourth-order valence-corrected chi connectivity index (χ4v) is 2.45. The molecule has 0 saturated carbocycles. The van der Waals surface area contributed by atoms with Crippen LogP contribution in [0.5, 0.6) is 0 Å². The number of halogens is 1. The Labute approximate surface area is 130 Å². The number of hydrogen-bond donors (Lipinski definition) is 2. The van der Waals surface area contributed by atoms with Gasteiger partial charge in [0, 0.05) is 22.3 Å². The van der Waals surface area contributed by atoms with Crippen molar-refractivity contribution >= 4 is 34.5 Å². The summed E-state index contributed by atoms with van der Waals surface area (Å²) in [5, 5.41) is 4.17. The maximum atomic E-state index is 6.03. The number of anilines is 1. The first-order chi connectivity index (χ1) is 9.47. The van der Waals surface area contributed by atoms with Gasteiger partial charge in [-0.05, 0) is 43.7 Å². The van der Waals surface area contributed by atoms with Crippen molar-refractivity contribution in [2.24, 2.45) is 5.73 Å². The second-order valence-corrected chi connectivity index (χ2v) is 5.71. The molecule has 1 atom stereocenters. The van der Waals surface area contributed by atoms with E-state index in [2.05, 4.69) is 12.2 Å². The second-order valence-electron chi connectivity index (χ2n) is 4.83. The van der Waals surface area contributed by atoms with Crippen molar-refractivity contribution in [3.05, 3.63) is 64.2 Å². The van der Waals surface area contributed by atoms with Gasteiger partial charge in [0.1, 0.15) is 4.99 Å². The highest BCUT2D eigenvalue weighted by molar-refractivity contribution is 7.80. The van der Waals surface area contributed by atoms with E-state index in [0.717, 1.165) is 27.4 Å². The smallest absolute Gasteiger partial charge is 0.106 e. The molecule has 0 spiro atoms. The third-order valence-corrected chi connectivity index (χ3v) is 3.62. The summed E-state index contributed by atoms with van der Waals surface area (Å²) in [7, 11) is 0. The molecular formula is C16H17ClN2S. The molecule has 20 heavy (non-hydrogen) atoms. The third-order valence-electron chi connectivity index (χ3n) is 3.16. The van der Waals surface area contributed by atoms with Crippen molar-refractivity contribution in [2.45, 2.75) is 19.9 Å². The van der Waals surface area contributed by atoms with Gasteiger partial charge < -0.3 is 11.1 Å². The molecule has 1 unspecified atom stereocenters. The number of hydrogen-bond acceptors (Lipinski definition) is 2. The van der Waals surface area contributed by atoms with Crippen LogP contribution in [0.3, 0.4) is 0 Å². The molecule has 4 heteroatoms. The van der Waals surface area contributed by atoms with Crippen LogP contribution in [0.15, 0.2) is 42.5 Å². The number of nitrogens with one attached hydrogen (secondary N) is 1. The lowest BCUT2D eigenvalue weighted by Crippen LogP contribution is -2.15. The van der Waals surface area contributed by atoms with Crippen molar-refractivity contribution in [1.29, 1.82) is 0 Å². The molecule has 0 fully saturated rings. The van der Waals surface area contributed by atoms with Crippen molar-refractivity contribution < 1.29 is 0 Å². The summed E-state index contributed by atoms with van der Waals surface area (Å²) in [4.78, 5) is 0.398. The second kappa shape index (κ2) is 6.25. The van der Waals surface area contributed by atoms with E-state index in [1.54, 1.807) is 0 Å². The Morgan fingerprint density at radius 2 is 2.00 bits per heavy atom. The van der Waals surface area contributed by atoms with Crippen molar-refractivity contribution in [3.8, 4) is 0 Å². The van der Waals surface area contributed by atoms with Crippen LogP contribution in [-0.2, 0) is 0 Å². The van der Waals surface area contributed by atoms with Crippen LogP contribution in [0.2, 0.25) is 5.02 Å². The predicted molar refractivity (Wildman–Crippen MR) is 90.6 cm³/mol. The molecule has 2 nitrogen and oxygen atoms in total. The summed E-state index contributed by atoms with van der Waals surface area (Å²) in [5.41, 5.74) is 9.85. The molecule has 2 aromatic rings. The number of aryl methyl sites for hydroxylation is 1. The summed E-state index contributed by atoms with van der Waals surface area (Å²) >= 11 is 11.1. The van der Waals surface area contributed by atoms with Crippen LogP contribution in [0.4, 0.5) is 5.69 Å². The molecule has 2 rings (SSSR count). The van der Waals surface area contributed by atoms with E-state index in [4.69, 9.17) is 29.6 Å². The van der Waals surface area contributed by atoms with Gasteiger partial charge in [-0.15, -0.1) is 0 Å². The van der Waals surface area contributed by atoms with E-state index in [-0.39, 0.29) is 6.04 Å². The molecule has 0 saturated heterocycles. The normalized spacial score (nSPS) is 11.9. The van der Waals surface area contributed by atoms with Gasteiger partial charge in [-0.25, -0.2) is 0 Å². The Morgan fingerprint density at radius 1 is 1.25 bits per heavy atom. The van der Waals surface area contributed by atoms with E-state index in [9.17, 15) is 0 Å². The van der Waals surface area contributed by atoms with Gasteiger partial charge in [0.2, 0.25) is 0 Å². The minimum atomic E-state index is 0.115. The van der Waals surface area contributed by atoms with Crippen LogP contribution in [0.25, 0.3) is 0 Å². The van der Waals surface area contributed by atoms with E-state index in [0.29, 0.717) is 4.99 Å². The fraction of sp³-hybridized carbons (Fsp3) is 0.188. The lowest BCUT2D eigenvalue weighted by molar-refractivity contribution is 0.884. The predicted octanol–water partition coefficient (Wildman–Crippen LogP) is 4.46. The summed E-state index contributed by atoms with van der Waals surface area (Å²) in [6, 6.07) is 14.0. The topological polar surface area (TPSA) is 38.0 Å². The van der Waals surface area contributed by atoms with Gasteiger partial charge in [-0.3, -0.25) is 0 Å². The Balaban J connectivity index is 2.28.